The number of benzene rings is 2. The molecule has 0 aromatic heterocycles. The molecular formula is C34H45N3O11S. The van der Waals surface area contributed by atoms with Crippen LogP contribution in [0.25, 0.3) is 0 Å². The van der Waals surface area contributed by atoms with Crippen LogP contribution in [0.3, 0.4) is 0 Å². The second-order valence-corrected chi connectivity index (χ2v) is 14.6. The summed E-state index contributed by atoms with van der Waals surface area (Å²) in [5, 5.41) is 14.4. The Morgan fingerprint density at radius 2 is 1.78 bits per heavy atom. The van der Waals surface area contributed by atoms with Crippen LogP contribution in [0.1, 0.15) is 37.7 Å². The highest BCUT2D eigenvalue weighted by atomic mass is 32.2. The summed E-state index contributed by atoms with van der Waals surface area (Å²) in [5.74, 6) is -0.0969. The van der Waals surface area contributed by atoms with E-state index in [2.05, 4.69) is 5.32 Å². The molecule has 14 nitrogen and oxygen atoms in total. The maximum absolute atomic E-state index is 14.1. The van der Waals surface area contributed by atoms with Gasteiger partial charge in [-0.2, -0.15) is 0 Å². The number of alkyl carbamates (subject to hydrolysis) is 1. The highest BCUT2D eigenvalue weighted by molar-refractivity contribution is 7.89. The maximum atomic E-state index is 14.1. The molecule has 2 aromatic carbocycles. The molecule has 0 radical (unpaired) electrons. The van der Waals surface area contributed by atoms with Crippen LogP contribution < -0.4 is 10.1 Å². The highest BCUT2D eigenvalue weighted by Gasteiger charge is 2.44. The summed E-state index contributed by atoms with van der Waals surface area (Å²) in [6, 6.07) is 14.2. The lowest BCUT2D eigenvalue weighted by Gasteiger charge is -2.31. The highest BCUT2D eigenvalue weighted by Crippen LogP contribution is 2.33. The molecule has 0 unspecified atom stereocenters. The standard InChI is InChI=1S/C34H45N3O11S/c38-30(29(19-24-7-2-1-3-8-24)35-34(40)47-31-22-46-33-28(31)13-16-44-33)21-37(48-25-9-4-5-10-25)49(41,42)27-12-6-11-26(20-27)45-23-32(39)36-14-17-43-18-15-36/h1-3,6-8,11-12,20,25,28-31,33,38H,4-5,9-10,13-19,21-23H2,(H,35,40)/t28-,29-,30+,31-,33+/m0/s1. The molecule has 3 saturated heterocycles. The summed E-state index contributed by atoms with van der Waals surface area (Å²) in [4.78, 5) is 33.4. The number of hydrogen-bond donors (Lipinski definition) is 2. The van der Waals surface area contributed by atoms with Crippen LogP contribution in [0, 0.1) is 5.92 Å². The van der Waals surface area contributed by atoms with Crippen molar-refractivity contribution in [3.05, 3.63) is 60.2 Å². The third kappa shape index (κ3) is 9.28. The van der Waals surface area contributed by atoms with Crippen LogP contribution in [0.15, 0.2) is 59.5 Å². The Balaban J connectivity index is 1.17. The smallest absolute Gasteiger partial charge is 0.407 e. The van der Waals surface area contributed by atoms with Gasteiger partial charge in [0.15, 0.2) is 12.9 Å². The van der Waals surface area contributed by atoms with Crippen LogP contribution in [0.4, 0.5) is 4.79 Å². The minimum atomic E-state index is -4.34. The van der Waals surface area contributed by atoms with E-state index >= 15 is 0 Å². The number of carbonyl (C=O) groups excluding carboxylic acids is 2. The molecule has 2 aromatic rings. The molecule has 0 bridgehead atoms. The van der Waals surface area contributed by atoms with E-state index in [1.807, 2.05) is 30.3 Å². The average molecular weight is 704 g/mol. The first-order valence-corrected chi connectivity index (χ1v) is 18.4. The van der Waals surface area contributed by atoms with E-state index in [0.717, 1.165) is 22.9 Å². The van der Waals surface area contributed by atoms with Crippen LogP contribution in [-0.2, 0) is 45.0 Å². The van der Waals surface area contributed by atoms with Gasteiger partial charge in [0.1, 0.15) is 11.9 Å². The number of ether oxygens (including phenoxy) is 5. The van der Waals surface area contributed by atoms with Gasteiger partial charge in [0.05, 0.1) is 62.0 Å². The first-order valence-electron chi connectivity index (χ1n) is 17.0. The molecule has 268 valence electrons. The van der Waals surface area contributed by atoms with Crippen LogP contribution in [-0.4, -0.2) is 118 Å². The fraction of sp³-hybridized carbons (Fsp3) is 0.588. The summed E-state index contributed by atoms with van der Waals surface area (Å²) >= 11 is 0. The van der Waals surface area contributed by atoms with E-state index in [9.17, 15) is 23.1 Å². The number of hydrogen-bond acceptors (Lipinski definition) is 11. The summed E-state index contributed by atoms with van der Waals surface area (Å²) in [7, 11) is -4.34. The normalized spacial score (nSPS) is 24.0. The van der Waals surface area contributed by atoms with E-state index in [4.69, 9.17) is 28.5 Å². The molecule has 0 spiro atoms. The summed E-state index contributed by atoms with van der Waals surface area (Å²) in [6.07, 6.45) is 0.637. The number of aliphatic hydroxyl groups excluding tert-OH is 1. The Morgan fingerprint density at radius 3 is 2.55 bits per heavy atom. The topological polar surface area (TPSA) is 162 Å². The largest absolute Gasteiger partial charge is 0.484 e. The van der Waals surface area contributed by atoms with Gasteiger partial charge in [-0.3, -0.25) is 9.63 Å². The van der Waals surface area contributed by atoms with Gasteiger partial charge in [0, 0.05) is 19.2 Å². The molecule has 1 aliphatic carbocycles. The fourth-order valence-electron chi connectivity index (χ4n) is 6.55. The van der Waals surface area contributed by atoms with Gasteiger partial charge in [-0.1, -0.05) is 53.7 Å². The molecule has 49 heavy (non-hydrogen) atoms. The Labute approximate surface area is 286 Å². The second-order valence-electron chi connectivity index (χ2n) is 12.7. The van der Waals surface area contributed by atoms with Gasteiger partial charge in [0.25, 0.3) is 15.9 Å². The molecule has 5 atom stereocenters. The van der Waals surface area contributed by atoms with Crippen molar-refractivity contribution in [3.8, 4) is 5.75 Å². The number of sulfonamides is 1. The number of rotatable bonds is 14. The number of nitrogens with one attached hydrogen (secondary N) is 1. The van der Waals surface area contributed by atoms with Crippen molar-refractivity contribution < 1.29 is 51.6 Å². The first kappa shape index (κ1) is 35.5. The van der Waals surface area contributed by atoms with Crippen LogP contribution >= 0.6 is 0 Å². The lowest BCUT2D eigenvalue weighted by Crippen LogP contribution is -2.51. The summed E-state index contributed by atoms with van der Waals surface area (Å²) in [5.41, 5.74) is 0.822. The number of aliphatic hydroxyl groups is 1. The second kappa shape index (κ2) is 16.6. The molecule has 6 rings (SSSR count). The zero-order valence-corrected chi connectivity index (χ0v) is 28.2. The predicted octanol–water partition coefficient (Wildman–Crippen LogP) is 2.25. The van der Waals surface area contributed by atoms with Gasteiger partial charge >= 0.3 is 6.09 Å². The number of amides is 2. The Hall–Kier alpha value is -3.31. The maximum Gasteiger partial charge on any atom is 0.407 e. The minimum absolute atomic E-state index is 0.0686. The Morgan fingerprint density at radius 1 is 1.00 bits per heavy atom. The number of hydroxylamine groups is 1. The molecule has 4 fully saturated rings. The molecule has 2 N–H and O–H groups in total. The van der Waals surface area contributed by atoms with Crippen molar-refractivity contribution in [1.29, 1.82) is 0 Å². The van der Waals surface area contributed by atoms with E-state index in [1.54, 1.807) is 11.0 Å². The third-order valence-corrected chi connectivity index (χ3v) is 10.9. The van der Waals surface area contributed by atoms with Crippen molar-refractivity contribution in [2.24, 2.45) is 5.92 Å². The van der Waals surface area contributed by atoms with Crippen LogP contribution in [0.2, 0.25) is 0 Å². The van der Waals surface area contributed by atoms with Crippen molar-refractivity contribution >= 4 is 22.0 Å². The zero-order chi connectivity index (χ0) is 34.2. The molecular weight excluding hydrogens is 658 g/mol. The summed E-state index contributed by atoms with van der Waals surface area (Å²) in [6.45, 7) is 1.86. The van der Waals surface area contributed by atoms with Crippen molar-refractivity contribution in [1.82, 2.24) is 14.7 Å². The van der Waals surface area contributed by atoms with E-state index < -0.39 is 47.2 Å². The predicted molar refractivity (Wildman–Crippen MR) is 174 cm³/mol. The van der Waals surface area contributed by atoms with Gasteiger partial charge < -0.3 is 39.0 Å². The molecule has 4 aliphatic rings. The third-order valence-electron chi connectivity index (χ3n) is 9.31. The lowest BCUT2D eigenvalue weighted by atomic mass is 10.0. The minimum Gasteiger partial charge on any atom is -0.484 e. The zero-order valence-electron chi connectivity index (χ0n) is 27.4. The number of carbonyl (C=O) groups is 2. The number of morpholine rings is 1. The summed E-state index contributed by atoms with van der Waals surface area (Å²) < 4.78 is 56.9. The monoisotopic (exact) mass is 703 g/mol. The van der Waals surface area contributed by atoms with Gasteiger partial charge in [0.2, 0.25) is 0 Å². The fourth-order valence-corrected chi connectivity index (χ4v) is 7.89. The van der Waals surface area contributed by atoms with Gasteiger partial charge in [-0.15, -0.1) is 0 Å². The quantitative estimate of drug-likeness (QED) is 0.278. The molecule has 1 saturated carbocycles. The van der Waals surface area contributed by atoms with Crippen molar-refractivity contribution in [3.63, 3.8) is 0 Å². The van der Waals surface area contributed by atoms with E-state index in [0.29, 0.717) is 52.2 Å². The Kier molecular flexibility index (Phi) is 12.0. The number of nitrogens with zero attached hydrogens (tertiary/aromatic N) is 2. The first-order chi connectivity index (χ1) is 23.8. The lowest BCUT2D eigenvalue weighted by molar-refractivity contribution is -0.145. The van der Waals surface area contributed by atoms with E-state index in [-0.39, 0.29) is 48.2 Å². The van der Waals surface area contributed by atoms with Crippen molar-refractivity contribution in [2.45, 2.75) is 74.1 Å². The van der Waals surface area contributed by atoms with Gasteiger partial charge in [-0.25, -0.2) is 13.2 Å². The molecule has 2 amide bonds. The van der Waals surface area contributed by atoms with E-state index in [1.165, 1.54) is 18.2 Å². The Bertz CT molecular complexity index is 1500. The molecule has 3 aliphatic heterocycles. The van der Waals surface area contributed by atoms with Crippen LogP contribution in [0.5, 0.6) is 5.75 Å². The molecule has 3 heterocycles. The SMILES string of the molecule is O=C(N[C@@H](Cc1ccccc1)[C@H](O)CN(OC1CCCC1)S(=O)(=O)c1cccc(OCC(=O)N2CCOCC2)c1)O[C@H]1CO[C@H]2OCC[C@H]21. The van der Waals surface area contributed by atoms with Crippen molar-refractivity contribution in [2.75, 3.05) is 52.7 Å². The number of fused-ring (bicyclic) bond motifs is 1. The average Bonchev–Trinajstić information content (AvgIpc) is 3.89. The van der Waals surface area contributed by atoms with Gasteiger partial charge in [-0.05, 0) is 43.4 Å². The molecule has 15 heteroatoms.